The Labute approximate surface area is 340 Å². The van der Waals surface area contributed by atoms with Gasteiger partial charge in [-0.2, -0.15) is 0 Å². The second-order valence-corrected chi connectivity index (χ2v) is 20.0. The van der Waals surface area contributed by atoms with E-state index in [1.165, 1.54) is 35.5 Å². The third kappa shape index (κ3) is 7.70. The van der Waals surface area contributed by atoms with Gasteiger partial charge in [-0.3, -0.25) is 23.9 Å². The van der Waals surface area contributed by atoms with Crippen LogP contribution in [0.3, 0.4) is 0 Å². The number of Topliss-reactive ketones (excluding diaryl/α,β-unsaturated/α-hetero) is 1. The van der Waals surface area contributed by atoms with Crippen molar-refractivity contribution in [3.8, 4) is 11.6 Å². The van der Waals surface area contributed by atoms with Crippen LogP contribution in [0.2, 0.25) is 0 Å². The zero-order chi connectivity index (χ0) is 41.0. The number of aryl methyl sites for hydroxylation is 1. The second-order valence-electron chi connectivity index (χ2n) is 16.5. The number of aromatic nitrogens is 1. The summed E-state index contributed by atoms with van der Waals surface area (Å²) in [6.45, 7) is 3.46. The van der Waals surface area contributed by atoms with Crippen molar-refractivity contribution in [1.82, 2.24) is 19.9 Å². The van der Waals surface area contributed by atoms with Gasteiger partial charge in [0.25, 0.3) is 5.91 Å². The first-order valence-electron chi connectivity index (χ1n) is 19.9. The van der Waals surface area contributed by atoms with Gasteiger partial charge in [0.05, 0.1) is 40.3 Å². The van der Waals surface area contributed by atoms with Crippen molar-refractivity contribution in [1.29, 1.82) is 0 Å². The number of thiophene rings is 1. The Morgan fingerprint density at radius 3 is 2.55 bits per heavy atom. The summed E-state index contributed by atoms with van der Waals surface area (Å²) in [5, 5.41) is 4.73. The van der Waals surface area contributed by atoms with Crippen LogP contribution in [-0.4, -0.2) is 78.4 Å². The first-order valence-corrected chi connectivity index (χ1v) is 22.2. The quantitative estimate of drug-likeness (QED) is 0.149. The minimum absolute atomic E-state index is 0.0322. The number of halogens is 1. The normalized spacial score (nSPS) is 26.5. The van der Waals surface area contributed by atoms with Crippen LogP contribution in [-0.2, 0) is 24.4 Å². The van der Waals surface area contributed by atoms with Crippen LogP contribution in [0.4, 0.5) is 4.39 Å². The average Bonchev–Trinajstić information content (AvgIpc) is 3.99. The monoisotopic (exact) mass is 830 g/mol. The zero-order valence-corrected chi connectivity index (χ0v) is 34.3. The SMILES string of the molecule is COc1ccc2c(c1)nc(O[C@@H]1C[C@H]3C(=O)C[C@]4(C(=O)NS(=O)(=O)C5(C)CC5)C[C@H]4/C=C\CCCCC[C@H](NC(=O)c4ccc(C)s4)C(=O)N3C1)c1ccc(F)cc12. The van der Waals surface area contributed by atoms with E-state index in [0.29, 0.717) is 70.8 Å². The van der Waals surface area contributed by atoms with E-state index in [-0.39, 0.29) is 37.1 Å². The molecule has 2 aliphatic carbocycles. The summed E-state index contributed by atoms with van der Waals surface area (Å²) in [5.41, 5.74) is -0.807. The molecule has 8 rings (SSSR count). The van der Waals surface area contributed by atoms with Crippen molar-refractivity contribution < 1.29 is 41.5 Å². The Morgan fingerprint density at radius 2 is 1.81 bits per heavy atom. The van der Waals surface area contributed by atoms with Gasteiger partial charge >= 0.3 is 0 Å². The van der Waals surface area contributed by atoms with E-state index in [0.717, 1.165) is 17.7 Å². The van der Waals surface area contributed by atoms with E-state index in [2.05, 4.69) is 10.0 Å². The van der Waals surface area contributed by atoms with Gasteiger partial charge in [-0.25, -0.2) is 17.8 Å². The number of methoxy groups -OCH3 is 1. The number of sulfonamides is 1. The Kier molecular flexibility index (Phi) is 10.6. The smallest absolute Gasteiger partial charge is 0.262 e. The van der Waals surface area contributed by atoms with Gasteiger partial charge in [-0.1, -0.05) is 25.0 Å². The number of amides is 3. The predicted octanol–water partition coefficient (Wildman–Crippen LogP) is 6.54. The molecule has 2 aromatic heterocycles. The lowest BCUT2D eigenvalue weighted by molar-refractivity contribution is -0.140. The highest BCUT2D eigenvalue weighted by Gasteiger charge is 2.62. The summed E-state index contributed by atoms with van der Waals surface area (Å²) in [6, 6.07) is 11.1. The first kappa shape index (κ1) is 39.9. The minimum atomic E-state index is -3.98. The number of pyridine rings is 1. The van der Waals surface area contributed by atoms with Crippen LogP contribution < -0.4 is 19.5 Å². The maximum atomic E-state index is 14.8. The number of hydrogen-bond acceptors (Lipinski definition) is 10. The molecule has 5 atom stereocenters. The summed E-state index contributed by atoms with van der Waals surface area (Å²) in [5.74, 6) is -2.01. The molecular formula is C43H47FN4O8S2. The van der Waals surface area contributed by atoms with E-state index in [1.807, 2.05) is 25.1 Å². The summed E-state index contributed by atoms with van der Waals surface area (Å²) < 4.78 is 54.4. The number of fused-ring (bicyclic) bond motifs is 5. The largest absolute Gasteiger partial charge is 0.497 e. The number of nitrogens with one attached hydrogen (secondary N) is 2. The number of carbonyl (C=O) groups excluding carboxylic acids is 4. The standard InChI is InChI=1S/C43H47FN4O8S2/c1-25-11-16-37(57-25)38(50)45-33-10-8-6-4-5-7-9-26-22-43(26,41(52)47-58(53,54)42(2)17-18-42)23-36(49)35-21-29(24-48(35)40(33)51)56-39-31-14-12-27(44)19-32(31)30-15-13-28(55-3)20-34(30)46-39/h7,9,11-16,19-20,26,29,33,35H,4-6,8,10,17-18,21-24H2,1-3H3,(H,45,50)(H,47,52)/b9-7-/t26-,29-,33+,35+,43-/m1/s1. The van der Waals surface area contributed by atoms with Gasteiger partial charge in [-0.15, -0.1) is 11.3 Å². The fourth-order valence-electron chi connectivity index (χ4n) is 8.38. The fourth-order valence-corrected chi connectivity index (χ4v) is 10.5. The third-order valence-corrected chi connectivity index (χ3v) is 15.5. The van der Waals surface area contributed by atoms with Gasteiger partial charge in [0.15, 0.2) is 5.78 Å². The molecule has 15 heteroatoms. The molecule has 2 aliphatic heterocycles. The number of allylic oxidation sites excluding steroid dienone is 2. The number of ketones is 1. The van der Waals surface area contributed by atoms with Crippen molar-refractivity contribution in [2.24, 2.45) is 11.3 Å². The molecule has 2 saturated carbocycles. The number of ether oxygens (including phenoxy) is 2. The maximum Gasteiger partial charge on any atom is 0.262 e. The topological polar surface area (TPSA) is 161 Å². The van der Waals surface area contributed by atoms with Crippen molar-refractivity contribution >= 4 is 66.5 Å². The van der Waals surface area contributed by atoms with Crippen molar-refractivity contribution in [3.63, 3.8) is 0 Å². The van der Waals surface area contributed by atoms with E-state index < -0.39 is 61.8 Å². The van der Waals surface area contributed by atoms with Crippen LogP contribution in [0.15, 0.2) is 60.7 Å². The highest BCUT2D eigenvalue weighted by molar-refractivity contribution is 7.91. The Balaban J connectivity index is 1.14. The van der Waals surface area contributed by atoms with Gasteiger partial charge in [-0.05, 0) is 106 Å². The Bertz CT molecular complexity index is 2460. The molecule has 2 N–H and O–H groups in total. The molecule has 1 saturated heterocycles. The molecule has 3 amide bonds. The summed E-state index contributed by atoms with van der Waals surface area (Å²) in [7, 11) is -2.45. The fraction of sp³-hybridized carbons (Fsp3) is 0.465. The molecule has 4 aliphatic rings. The van der Waals surface area contributed by atoms with Crippen molar-refractivity contribution in [3.05, 3.63) is 76.3 Å². The Hall–Kier alpha value is -4.89. The highest BCUT2D eigenvalue weighted by atomic mass is 32.2. The van der Waals surface area contributed by atoms with Crippen LogP contribution >= 0.6 is 11.3 Å². The lowest BCUT2D eigenvalue weighted by Gasteiger charge is -2.29. The number of nitrogens with zero attached hydrogens (tertiary/aromatic N) is 2. The van der Waals surface area contributed by atoms with Gasteiger partial charge < -0.3 is 19.7 Å². The molecule has 0 unspecified atom stereocenters. The van der Waals surface area contributed by atoms with E-state index in [4.69, 9.17) is 14.5 Å². The van der Waals surface area contributed by atoms with Crippen molar-refractivity contribution in [2.45, 2.75) is 101 Å². The molecule has 0 radical (unpaired) electrons. The predicted molar refractivity (Wildman–Crippen MR) is 218 cm³/mol. The Morgan fingerprint density at radius 1 is 1.02 bits per heavy atom. The minimum Gasteiger partial charge on any atom is -0.497 e. The van der Waals surface area contributed by atoms with Crippen molar-refractivity contribution in [2.75, 3.05) is 13.7 Å². The molecule has 0 bridgehead atoms. The molecular weight excluding hydrogens is 784 g/mol. The highest BCUT2D eigenvalue weighted by Crippen LogP contribution is 2.57. The van der Waals surface area contributed by atoms with Crippen LogP contribution in [0, 0.1) is 24.1 Å². The molecule has 4 heterocycles. The lowest BCUT2D eigenvalue weighted by Crippen LogP contribution is -2.52. The van der Waals surface area contributed by atoms with E-state index in [9.17, 15) is 32.0 Å². The van der Waals surface area contributed by atoms with Gasteiger partial charge in [0, 0.05) is 34.6 Å². The molecule has 3 fully saturated rings. The molecule has 306 valence electrons. The van der Waals surface area contributed by atoms with Gasteiger partial charge in [0.1, 0.15) is 23.7 Å². The molecule has 2 aromatic carbocycles. The summed E-state index contributed by atoms with van der Waals surface area (Å²) in [4.78, 5) is 64.6. The molecule has 0 spiro atoms. The van der Waals surface area contributed by atoms with Crippen LogP contribution in [0.1, 0.15) is 85.7 Å². The zero-order valence-electron chi connectivity index (χ0n) is 32.7. The molecule has 58 heavy (non-hydrogen) atoms. The number of carbonyl (C=O) groups is 4. The maximum absolute atomic E-state index is 14.8. The first-order chi connectivity index (χ1) is 27.7. The number of benzene rings is 2. The van der Waals surface area contributed by atoms with Gasteiger partial charge in [0.2, 0.25) is 27.7 Å². The van der Waals surface area contributed by atoms with E-state index in [1.54, 1.807) is 37.3 Å². The molecule has 12 nitrogen and oxygen atoms in total. The summed E-state index contributed by atoms with van der Waals surface area (Å²) in [6.07, 6.45) is 7.35. The lowest BCUT2D eigenvalue weighted by atomic mass is 9.91. The van der Waals surface area contributed by atoms with Crippen LogP contribution in [0.5, 0.6) is 11.6 Å². The second kappa shape index (κ2) is 15.4. The van der Waals surface area contributed by atoms with E-state index >= 15 is 0 Å². The number of rotatable bonds is 8. The number of hydrogen-bond donors (Lipinski definition) is 2. The van der Waals surface area contributed by atoms with Crippen LogP contribution in [0.25, 0.3) is 21.7 Å². The summed E-state index contributed by atoms with van der Waals surface area (Å²) >= 11 is 1.32. The molecule has 4 aromatic rings. The third-order valence-electron chi connectivity index (χ3n) is 12.3. The average molecular weight is 831 g/mol.